The van der Waals surface area contributed by atoms with Gasteiger partial charge in [-0.25, -0.2) is 4.79 Å². The number of ether oxygens (including phenoxy) is 1. The van der Waals surface area contributed by atoms with Crippen LogP contribution < -0.4 is 16.6 Å². The summed E-state index contributed by atoms with van der Waals surface area (Å²) >= 11 is 0. The van der Waals surface area contributed by atoms with E-state index in [1.807, 2.05) is 4.98 Å². The van der Waals surface area contributed by atoms with Crippen LogP contribution in [0, 0.1) is 0 Å². The third-order valence-corrected chi connectivity index (χ3v) is 4.45. The molecule has 1 saturated heterocycles. The fourth-order valence-corrected chi connectivity index (χ4v) is 3.07. The first-order valence-corrected chi connectivity index (χ1v) is 8.96. The first-order chi connectivity index (χ1) is 13.8. The fourth-order valence-electron chi connectivity index (χ4n) is 3.07. The summed E-state index contributed by atoms with van der Waals surface area (Å²) in [5.41, 5.74) is -0.686. The van der Waals surface area contributed by atoms with E-state index in [-0.39, 0.29) is 43.6 Å². The van der Waals surface area contributed by atoms with Crippen LogP contribution in [0.25, 0.3) is 0 Å². The molecule has 1 unspecified atom stereocenters. The van der Waals surface area contributed by atoms with E-state index in [0.29, 0.717) is 11.3 Å². The monoisotopic (exact) mass is 400 g/mol. The molecule has 0 radical (unpaired) electrons. The summed E-state index contributed by atoms with van der Waals surface area (Å²) in [5.74, 6) is -1.04. The molecule has 2 heterocycles. The second kappa shape index (κ2) is 8.65. The van der Waals surface area contributed by atoms with E-state index >= 15 is 0 Å². The number of nitrogens with one attached hydrogen (secondary N) is 3. The SMILES string of the molecule is CC(=O)c1cccc(NC(=O)CC2COCCN2C(=O)c2cc(=O)[nH]c(=O)[nH]2)c1. The molecule has 2 aromatic rings. The lowest BCUT2D eigenvalue weighted by atomic mass is 10.1. The summed E-state index contributed by atoms with van der Waals surface area (Å²) in [4.78, 5) is 65.3. The first kappa shape index (κ1) is 20.2. The average molecular weight is 400 g/mol. The van der Waals surface area contributed by atoms with Gasteiger partial charge in [0.2, 0.25) is 5.91 Å². The highest BCUT2D eigenvalue weighted by molar-refractivity contribution is 5.97. The number of Topliss-reactive ketones (excluding diaryl/α,β-unsaturated/α-hetero) is 1. The molecular formula is C19H20N4O6. The number of H-pyrrole nitrogens is 2. The summed E-state index contributed by atoms with van der Waals surface area (Å²) in [7, 11) is 0. The van der Waals surface area contributed by atoms with E-state index in [1.165, 1.54) is 11.8 Å². The predicted molar refractivity (Wildman–Crippen MR) is 103 cm³/mol. The number of anilines is 1. The molecule has 0 aliphatic carbocycles. The van der Waals surface area contributed by atoms with Gasteiger partial charge >= 0.3 is 5.69 Å². The maximum atomic E-state index is 12.8. The molecule has 3 N–H and O–H groups in total. The van der Waals surface area contributed by atoms with Crippen LogP contribution in [0.1, 0.15) is 34.2 Å². The van der Waals surface area contributed by atoms with Crippen LogP contribution in [0.15, 0.2) is 39.9 Å². The highest BCUT2D eigenvalue weighted by Crippen LogP contribution is 2.16. The minimum absolute atomic E-state index is 0.0521. The van der Waals surface area contributed by atoms with Gasteiger partial charge in [0.1, 0.15) is 5.69 Å². The van der Waals surface area contributed by atoms with Crippen molar-refractivity contribution < 1.29 is 19.1 Å². The Morgan fingerprint density at radius 2 is 2.00 bits per heavy atom. The van der Waals surface area contributed by atoms with Crippen LogP contribution in [0.3, 0.4) is 0 Å². The van der Waals surface area contributed by atoms with Gasteiger partial charge in [-0.15, -0.1) is 0 Å². The predicted octanol–water partition coefficient (Wildman–Crippen LogP) is 0.136. The van der Waals surface area contributed by atoms with Gasteiger partial charge in [-0.2, -0.15) is 0 Å². The molecule has 1 aliphatic heterocycles. The van der Waals surface area contributed by atoms with Gasteiger partial charge in [0.25, 0.3) is 11.5 Å². The molecule has 1 fully saturated rings. The molecule has 0 spiro atoms. The number of hydrogen-bond acceptors (Lipinski definition) is 6. The zero-order chi connectivity index (χ0) is 21.0. The molecule has 2 amide bonds. The third-order valence-electron chi connectivity index (χ3n) is 4.45. The Bertz CT molecular complexity index is 1030. The van der Waals surface area contributed by atoms with Gasteiger partial charge < -0.3 is 19.9 Å². The van der Waals surface area contributed by atoms with Crippen molar-refractivity contribution in [1.29, 1.82) is 0 Å². The Kier molecular flexibility index (Phi) is 6.03. The highest BCUT2D eigenvalue weighted by Gasteiger charge is 2.30. The Morgan fingerprint density at radius 1 is 1.21 bits per heavy atom. The van der Waals surface area contributed by atoms with Crippen LogP contribution in [0.2, 0.25) is 0 Å². The minimum Gasteiger partial charge on any atom is -0.377 e. The number of nitrogens with zero attached hydrogens (tertiary/aromatic N) is 1. The molecule has 152 valence electrons. The Labute approximate surface area is 164 Å². The number of amides is 2. The second-order valence-electron chi connectivity index (χ2n) is 6.62. The average Bonchev–Trinajstić information content (AvgIpc) is 2.67. The second-order valence-corrected chi connectivity index (χ2v) is 6.62. The Morgan fingerprint density at radius 3 is 2.72 bits per heavy atom. The van der Waals surface area contributed by atoms with E-state index in [0.717, 1.165) is 6.07 Å². The molecule has 29 heavy (non-hydrogen) atoms. The summed E-state index contributed by atoms with van der Waals surface area (Å²) < 4.78 is 5.39. The van der Waals surface area contributed by atoms with Gasteiger partial charge in [0, 0.05) is 30.3 Å². The number of morpholine rings is 1. The number of aromatic nitrogens is 2. The summed E-state index contributed by atoms with van der Waals surface area (Å²) in [5, 5.41) is 2.70. The van der Waals surface area contributed by atoms with Crippen molar-refractivity contribution in [1.82, 2.24) is 14.9 Å². The Hall–Kier alpha value is -3.53. The summed E-state index contributed by atoms with van der Waals surface area (Å²) in [6, 6.07) is 6.97. The zero-order valence-electron chi connectivity index (χ0n) is 15.7. The lowest BCUT2D eigenvalue weighted by molar-refractivity contribution is -0.118. The van der Waals surface area contributed by atoms with E-state index < -0.39 is 23.2 Å². The normalized spacial score (nSPS) is 16.3. The van der Waals surface area contributed by atoms with Crippen LogP contribution >= 0.6 is 0 Å². The topological polar surface area (TPSA) is 141 Å². The number of hydrogen-bond donors (Lipinski definition) is 3. The molecule has 10 nitrogen and oxygen atoms in total. The molecule has 10 heteroatoms. The number of carbonyl (C=O) groups is 3. The van der Waals surface area contributed by atoms with Crippen LogP contribution in [-0.2, 0) is 9.53 Å². The lowest BCUT2D eigenvalue weighted by Crippen LogP contribution is -2.50. The minimum atomic E-state index is -0.784. The number of ketones is 1. The summed E-state index contributed by atoms with van der Waals surface area (Å²) in [6.07, 6.45) is -0.0521. The van der Waals surface area contributed by atoms with Gasteiger partial charge in [-0.3, -0.25) is 24.2 Å². The molecule has 3 rings (SSSR count). The van der Waals surface area contributed by atoms with E-state index in [9.17, 15) is 24.0 Å². The van der Waals surface area contributed by atoms with Gasteiger partial charge in [-0.1, -0.05) is 12.1 Å². The number of benzene rings is 1. The molecule has 1 aromatic carbocycles. The molecular weight excluding hydrogens is 380 g/mol. The van der Waals surface area contributed by atoms with Crippen LogP contribution in [0.4, 0.5) is 5.69 Å². The van der Waals surface area contributed by atoms with Crippen molar-refractivity contribution in [3.63, 3.8) is 0 Å². The van der Waals surface area contributed by atoms with E-state index in [2.05, 4.69) is 10.3 Å². The quantitative estimate of drug-likeness (QED) is 0.610. The molecule has 1 aliphatic rings. The van der Waals surface area contributed by atoms with Gasteiger partial charge in [0.15, 0.2) is 5.78 Å². The molecule has 0 bridgehead atoms. The van der Waals surface area contributed by atoms with Crippen molar-refractivity contribution in [3.8, 4) is 0 Å². The maximum Gasteiger partial charge on any atom is 0.326 e. The van der Waals surface area contributed by atoms with E-state index in [4.69, 9.17) is 4.74 Å². The van der Waals surface area contributed by atoms with Gasteiger partial charge in [0.05, 0.1) is 19.3 Å². The highest BCUT2D eigenvalue weighted by atomic mass is 16.5. The number of carbonyl (C=O) groups excluding carboxylic acids is 3. The van der Waals surface area contributed by atoms with E-state index in [1.54, 1.807) is 24.3 Å². The van der Waals surface area contributed by atoms with Crippen molar-refractivity contribution in [3.05, 3.63) is 62.4 Å². The largest absolute Gasteiger partial charge is 0.377 e. The summed E-state index contributed by atoms with van der Waals surface area (Å²) in [6.45, 7) is 2.06. The molecule has 1 atom stereocenters. The Balaban J connectivity index is 1.72. The van der Waals surface area contributed by atoms with Gasteiger partial charge in [-0.05, 0) is 19.1 Å². The first-order valence-electron chi connectivity index (χ1n) is 8.96. The van der Waals surface area contributed by atoms with Crippen LogP contribution in [0.5, 0.6) is 0 Å². The number of rotatable bonds is 5. The van der Waals surface area contributed by atoms with Crippen molar-refractivity contribution in [2.75, 3.05) is 25.1 Å². The van der Waals surface area contributed by atoms with Crippen molar-refractivity contribution in [2.45, 2.75) is 19.4 Å². The van der Waals surface area contributed by atoms with Crippen LogP contribution in [-0.4, -0.2) is 58.3 Å². The standard InChI is InChI=1S/C19H20N4O6/c1-11(24)12-3-2-4-13(7-12)20-16(25)8-14-10-29-6-5-23(14)18(27)15-9-17(26)22-19(28)21-15/h2-4,7,9,14H,5-6,8,10H2,1H3,(H,20,25)(H2,21,22,26,28). The number of aromatic amines is 2. The molecule has 0 saturated carbocycles. The maximum absolute atomic E-state index is 12.8. The fraction of sp³-hybridized carbons (Fsp3) is 0.316. The molecule has 1 aromatic heterocycles. The third kappa shape index (κ3) is 5.05. The smallest absolute Gasteiger partial charge is 0.326 e. The zero-order valence-corrected chi connectivity index (χ0v) is 15.7. The van der Waals surface area contributed by atoms with Crippen molar-refractivity contribution in [2.24, 2.45) is 0 Å². The van der Waals surface area contributed by atoms with Crippen molar-refractivity contribution >= 4 is 23.3 Å². The lowest BCUT2D eigenvalue weighted by Gasteiger charge is -2.35.